The van der Waals surface area contributed by atoms with Gasteiger partial charge in [0.05, 0.1) is 12.8 Å². The van der Waals surface area contributed by atoms with Crippen LogP contribution in [0.2, 0.25) is 5.02 Å². The third-order valence-electron chi connectivity index (χ3n) is 3.25. The van der Waals surface area contributed by atoms with Crippen molar-refractivity contribution < 1.29 is 4.42 Å². The van der Waals surface area contributed by atoms with E-state index in [9.17, 15) is 0 Å². The van der Waals surface area contributed by atoms with Crippen molar-refractivity contribution in [1.82, 2.24) is 0 Å². The molecule has 2 aromatic rings. The fraction of sp³-hybridized carbons (Fsp3) is 0.375. The Bertz CT molecular complexity index is 537. The van der Waals surface area contributed by atoms with Crippen LogP contribution < -0.4 is 10.6 Å². The van der Waals surface area contributed by atoms with Crippen molar-refractivity contribution in [2.45, 2.75) is 32.9 Å². The first-order chi connectivity index (χ1) is 9.60. The fourth-order valence-electron chi connectivity index (χ4n) is 2.22. The molecule has 0 fully saturated rings. The van der Waals surface area contributed by atoms with Gasteiger partial charge in [0.1, 0.15) is 5.76 Å². The number of hydrogen-bond acceptors (Lipinski definition) is 3. The summed E-state index contributed by atoms with van der Waals surface area (Å²) in [6.07, 6.45) is 2.49. The molecule has 1 aromatic heterocycles. The Kier molecular flexibility index (Phi) is 5.10. The van der Waals surface area contributed by atoms with E-state index in [4.69, 9.17) is 21.8 Å². The van der Waals surface area contributed by atoms with Crippen molar-refractivity contribution in [3.8, 4) is 0 Å². The molecule has 1 aromatic carbocycles. The lowest BCUT2D eigenvalue weighted by Gasteiger charge is -2.23. The lowest BCUT2D eigenvalue weighted by molar-refractivity contribution is 0.503. The Morgan fingerprint density at radius 1 is 1.35 bits per heavy atom. The van der Waals surface area contributed by atoms with Gasteiger partial charge in [-0.1, -0.05) is 17.7 Å². The molecule has 4 heteroatoms. The highest BCUT2D eigenvalue weighted by molar-refractivity contribution is 6.31. The van der Waals surface area contributed by atoms with Crippen LogP contribution in [0, 0.1) is 0 Å². The monoisotopic (exact) mass is 292 g/mol. The van der Waals surface area contributed by atoms with Crippen molar-refractivity contribution in [2.75, 3.05) is 11.4 Å². The van der Waals surface area contributed by atoms with Crippen LogP contribution in [0.1, 0.15) is 25.2 Å². The maximum absolute atomic E-state index is 6.35. The first-order valence-corrected chi connectivity index (χ1v) is 7.29. The summed E-state index contributed by atoms with van der Waals surface area (Å²) in [5, 5.41) is 0.776. The van der Waals surface area contributed by atoms with Crippen molar-refractivity contribution >= 4 is 17.3 Å². The van der Waals surface area contributed by atoms with Gasteiger partial charge in [0.15, 0.2) is 0 Å². The summed E-state index contributed by atoms with van der Waals surface area (Å²) in [5.74, 6) is 0.947. The predicted molar refractivity (Wildman–Crippen MR) is 84.2 cm³/mol. The zero-order valence-electron chi connectivity index (χ0n) is 12.0. The summed E-state index contributed by atoms with van der Waals surface area (Å²) in [5.41, 5.74) is 8.02. The van der Waals surface area contributed by atoms with Crippen LogP contribution in [0.25, 0.3) is 0 Å². The lowest BCUT2D eigenvalue weighted by Crippen LogP contribution is -2.22. The summed E-state index contributed by atoms with van der Waals surface area (Å²) in [6, 6.07) is 10.2. The highest BCUT2D eigenvalue weighted by atomic mass is 35.5. The number of anilines is 1. The zero-order chi connectivity index (χ0) is 14.5. The second-order valence-corrected chi connectivity index (χ2v) is 5.46. The van der Waals surface area contributed by atoms with Crippen LogP contribution in [0.4, 0.5) is 5.69 Å². The van der Waals surface area contributed by atoms with Crippen LogP contribution in [0.3, 0.4) is 0 Å². The molecule has 0 bridgehead atoms. The molecule has 1 heterocycles. The van der Waals surface area contributed by atoms with Gasteiger partial charge < -0.3 is 15.1 Å². The molecule has 3 nitrogen and oxygen atoms in total. The minimum atomic E-state index is 0.115. The van der Waals surface area contributed by atoms with Crippen LogP contribution in [-0.4, -0.2) is 12.6 Å². The Morgan fingerprint density at radius 2 is 2.15 bits per heavy atom. The number of rotatable bonds is 6. The number of furan rings is 1. The van der Waals surface area contributed by atoms with Crippen LogP contribution in [0.15, 0.2) is 41.0 Å². The second kappa shape index (κ2) is 6.82. The van der Waals surface area contributed by atoms with Gasteiger partial charge in [-0.15, -0.1) is 0 Å². The lowest BCUT2D eigenvalue weighted by atomic mass is 10.1. The quantitative estimate of drug-likeness (QED) is 0.879. The number of benzene rings is 1. The number of hydrogen-bond donors (Lipinski definition) is 1. The van der Waals surface area contributed by atoms with Crippen molar-refractivity contribution in [3.63, 3.8) is 0 Å². The molecule has 0 amide bonds. The van der Waals surface area contributed by atoms with E-state index in [1.165, 1.54) is 0 Å². The SMILES string of the molecule is CCN(Cc1ccco1)c1ccc(CC(C)N)c(Cl)c1. The number of nitrogens with two attached hydrogens (primary N) is 1. The average Bonchev–Trinajstić information content (AvgIpc) is 2.91. The molecule has 1 unspecified atom stereocenters. The molecule has 0 radical (unpaired) electrons. The molecule has 1 atom stereocenters. The minimum absolute atomic E-state index is 0.115. The Labute approximate surface area is 125 Å². The molecular weight excluding hydrogens is 272 g/mol. The molecule has 0 aliphatic rings. The van der Waals surface area contributed by atoms with Gasteiger partial charge >= 0.3 is 0 Å². The topological polar surface area (TPSA) is 42.4 Å². The van der Waals surface area contributed by atoms with Gasteiger partial charge in [-0.3, -0.25) is 0 Å². The van der Waals surface area contributed by atoms with E-state index in [0.717, 1.165) is 41.5 Å². The van der Waals surface area contributed by atoms with Gasteiger partial charge in [0.2, 0.25) is 0 Å². The van der Waals surface area contributed by atoms with Crippen LogP contribution in [-0.2, 0) is 13.0 Å². The van der Waals surface area contributed by atoms with E-state index in [2.05, 4.69) is 24.0 Å². The van der Waals surface area contributed by atoms with E-state index < -0.39 is 0 Å². The molecule has 20 heavy (non-hydrogen) atoms. The van der Waals surface area contributed by atoms with Crippen molar-refractivity contribution in [1.29, 1.82) is 0 Å². The van der Waals surface area contributed by atoms with E-state index in [-0.39, 0.29) is 6.04 Å². The van der Waals surface area contributed by atoms with Crippen molar-refractivity contribution in [3.05, 3.63) is 52.9 Å². The molecule has 2 N–H and O–H groups in total. The normalized spacial score (nSPS) is 12.4. The van der Waals surface area contributed by atoms with Gasteiger partial charge in [0.25, 0.3) is 0 Å². The summed E-state index contributed by atoms with van der Waals surface area (Å²) in [6.45, 7) is 5.74. The van der Waals surface area contributed by atoms with Crippen LogP contribution >= 0.6 is 11.6 Å². The Balaban J connectivity index is 2.16. The van der Waals surface area contributed by atoms with E-state index in [1.54, 1.807) is 6.26 Å². The highest BCUT2D eigenvalue weighted by Gasteiger charge is 2.10. The smallest absolute Gasteiger partial charge is 0.123 e. The number of nitrogens with zero attached hydrogens (tertiary/aromatic N) is 1. The van der Waals surface area contributed by atoms with Gasteiger partial charge in [-0.2, -0.15) is 0 Å². The molecule has 0 saturated heterocycles. The van der Waals surface area contributed by atoms with Crippen LogP contribution in [0.5, 0.6) is 0 Å². The van der Waals surface area contributed by atoms with E-state index in [1.807, 2.05) is 25.1 Å². The summed E-state index contributed by atoms with van der Waals surface area (Å²) >= 11 is 6.35. The first kappa shape index (κ1) is 14.9. The molecular formula is C16H21ClN2O. The largest absolute Gasteiger partial charge is 0.467 e. The third-order valence-corrected chi connectivity index (χ3v) is 3.60. The van der Waals surface area contributed by atoms with Crippen molar-refractivity contribution in [2.24, 2.45) is 5.73 Å². The molecule has 0 spiro atoms. The zero-order valence-corrected chi connectivity index (χ0v) is 12.7. The standard InChI is InChI=1S/C16H21ClN2O/c1-3-19(11-15-5-4-8-20-15)14-7-6-13(9-12(2)18)16(17)10-14/h4-8,10,12H,3,9,11,18H2,1-2H3. The molecule has 108 valence electrons. The van der Waals surface area contributed by atoms with E-state index in [0.29, 0.717) is 0 Å². The van der Waals surface area contributed by atoms with E-state index >= 15 is 0 Å². The molecule has 0 aliphatic heterocycles. The molecule has 2 rings (SSSR count). The maximum Gasteiger partial charge on any atom is 0.123 e. The average molecular weight is 293 g/mol. The Hall–Kier alpha value is -1.45. The molecule has 0 aliphatic carbocycles. The maximum atomic E-state index is 6.35. The summed E-state index contributed by atoms with van der Waals surface area (Å²) < 4.78 is 5.40. The minimum Gasteiger partial charge on any atom is -0.467 e. The van der Waals surface area contributed by atoms with Gasteiger partial charge in [0, 0.05) is 23.3 Å². The second-order valence-electron chi connectivity index (χ2n) is 5.05. The molecule has 0 saturated carbocycles. The first-order valence-electron chi connectivity index (χ1n) is 6.91. The highest BCUT2D eigenvalue weighted by Crippen LogP contribution is 2.25. The predicted octanol–water partition coefficient (Wildman–Crippen LogP) is 3.85. The van der Waals surface area contributed by atoms with Gasteiger partial charge in [-0.25, -0.2) is 0 Å². The Morgan fingerprint density at radius 3 is 2.70 bits per heavy atom. The van der Waals surface area contributed by atoms with Gasteiger partial charge in [-0.05, 0) is 50.1 Å². The third kappa shape index (κ3) is 3.78. The fourth-order valence-corrected chi connectivity index (χ4v) is 2.47. The summed E-state index contributed by atoms with van der Waals surface area (Å²) in [4.78, 5) is 2.22. The number of halogens is 1. The summed E-state index contributed by atoms with van der Waals surface area (Å²) in [7, 11) is 0.